The number of nitrogens with one attached hydrogen (secondary N) is 1. The largest absolute Gasteiger partial charge is 0.467 e. The number of nitrogens with zero attached hydrogens (tertiary/aromatic N) is 1. The standard InChI is InChI=1S/C15H11ClN2O2/c16-14-6-2-1-4-11(14)8-12(9-17)15(19)18-10-13-5-3-7-20-13/h1-8H,10H2,(H,18,19)/b12-8+. The molecular formula is C15H11ClN2O2. The summed E-state index contributed by atoms with van der Waals surface area (Å²) in [5, 5.41) is 12.2. The summed E-state index contributed by atoms with van der Waals surface area (Å²) in [7, 11) is 0. The molecule has 1 N–H and O–H groups in total. The molecule has 1 aromatic carbocycles. The van der Waals surface area contributed by atoms with Crippen LogP contribution in [-0.2, 0) is 11.3 Å². The van der Waals surface area contributed by atoms with Gasteiger partial charge in [-0.3, -0.25) is 4.79 Å². The van der Waals surface area contributed by atoms with Crippen molar-refractivity contribution in [2.45, 2.75) is 6.54 Å². The fraction of sp³-hybridized carbons (Fsp3) is 0.0667. The molecule has 5 heteroatoms. The zero-order valence-electron chi connectivity index (χ0n) is 10.5. The average Bonchev–Trinajstić information content (AvgIpc) is 2.97. The van der Waals surface area contributed by atoms with Gasteiger partial charge in [-0.05, 0) is 29.8 Å². The van der Waals surface area contributed by atoms with Crippen molar-refractivity contribution in [1.82, 2.24) is 5.32 Å². The van der Waals surface area contributed by atoms with Crippen molar-refractivity contribution in [3.63, 3.8) is 0 Å². The molecule has 0 unspecified atom stereocenters. The number of amides is 1. The summed E-state index contributed by atoms with van der Waals surface area (Å²) in [5.74, 6) is 0.150. The zero-order chi connectivity index (χ0) is 14.4. The van der Waals surface area contributed by atoms with Gasteiger partial charge in [-0.25, -0.2) is 0 Å². The van der Waals surface area contributed by atoms with Crippen molar-refractivity contribution >= 4 is 23.6 Å². The lowest BCUT2D eigenvalue weighted by atomic mass is 10.1. The Labute approximate surface area is 121 Å². The lowest BCUT2D eigenvalue weighted by Gasteiger charge is -2.03. The molecule has 20 heavy (non-hydrogen) atoms. The Morgan fingerprint density at radius 3 is 2.80 bits per heavy atom. The first-order valence-electron chi connectivity index (χ1n) is 5.87. The first-order valence-corrected chi connectivity index (χ1v) is 6.25. The molecule has 0 saturated carbocycles. The van der Waals surface area contributed by atoms with Crippen LogP contribution in [0.5, 0.6) is 0 Å². The molecule has 0 spiro atoms. The summed E-state index contributed by atoms with van der Waals surface area (Å²) in [6.07, 6.45) is 2.98. The number of furan rings is 1. The van der Waals surface area contributed by atoms with Crippen LogP contribution < -0.4 is 5.32 Å². The Hall–Kier alpha value is -2.51. The summed E-state index contributed by atoms with van der Waals surface area (Å²) < 4.78 is 5.10. The lowest BCUT2D eigenvalue weighted by molar-refractivity contribution is -0.117. The van der Waals surface area contributed by atoms with Crippen molar-refractivity contribution in [2.24, 2.45) is 0 Å². The molecule has 0 fully saturated rings. The van der Waals surface area contributed by atoms with Crippen LogP contribution in [0.3, 0.4) is 0 Å². The van der Waals surface area contributed by atoms with Gasteiger partial charge in [0.2, 0.25) is 0 Å². The van der Waals surface area contributed by atoms with Crippen LogP contribution in [0.15, 0.2) is 52.7 Å². The number of benzene rings is 1. The van der Waals surface area contributed by atoms with Crippen LogP contribution in [0, 0.1) is 11.3 Å². The van der Waals surface area contributed by atoms with Crippen LogP contribution in [0.1, 0.15) is 11.3 Å². The lowest BCUT2D eigenvalue weighted by Crippen LogP contribution is -2.23. The Morgan fingerprint density at radius 1 is 1.35 bits per heavy atom. The second-order valence-corrected chi connectivity index (χ2v) is 4.36. The van der Waals surface area contributed by atoms with E-state index in [0.717, 1.165) is 0 Å². The van der Waals surface area contributed by atoms with Gasteiger partial charge in [0.15, 0.2) is 0 Å². The van der Waals surface area contributed by atoms with E-state index in [1.165, 1.54) is 12.3 Å². The first-order chi connectivity index (χ1) is 9.70. The smallest absolute Gasteiger partial charge is 0.262 e. The Balaban J connectivity index is 2.10. The van der Waals surface area contributed by atoms with Gasteiger partial charge in [0.05, 0.1) is 12.8 Å². The van der Waals surface area contributed by atoms with Crippen molar-refractivity contribution in [1.29, 1.82) is 5.26 Å². The maximum absolute atomic E-state index is 11.9. The van der Waals surface area contributed by atoms with Crippen LogP contribution >= 0.6 is 11.6 Å². The van der Waals surface area contributed by atoms with Gasteiger partial charge in [0.25, 0.3) is 5.91 Å². The quantitative estimate of drug-likeness (QED) is 0.693. The highest BCUT2D eigenvalue weighted by molar-refractivity contribution is 6.32. The number of halogens is 1. The number of carbonyl (C=O) groups is 1. The van der Waals surface area contributed by atoms with E-state index in [2.05, 4.69) is 5.32 Å². The predicted molar refractivity (Wildman–Crippen MR) is 75.6 cm³/mol. The van der Waals surface area contributed by atoms with Gasteiger partial charge >= 0.3 is 0 Å². The summed E-state index contributed by atoms with van der Waals surface area (Å²) in [4.78, 5) is 11.9. The number of hydrogen-bond acceptors (Lipinski definition) is 3. The maximum Gasteiger partial charge on any atom is 0.262 e. The van der Waals surface area contributed by atoms with E-state index >= 15 is 0 Å². The summed E-state index contributed by atoms with van der Waals surface area (Å²) in [6, 6.07) is 12.3. The van der Waals surface area contributed by atoms with Crippen molar-refractivity contribution in [3.05, 3.63) is 64.6 Å². The third kappa shape index (κ3) is 3.50. The molecular weight excluding hydrogens is 276 g/mol. The average molecular weight is 287 g/mol. The van der Waals surface area contributed by atoms with E-state index in [4.69, 9.17) is 21.3 Å². The second kappa shape index (κ2) is 6.60. The first kappa shape index (κ1) is 13.9. The second-order valence-electron chi connectivity index (χ2n) is 3.95. The molecule has 100 valence electrons. The summed E-state index contributed by atoms with van der Waals surface area (Å²) in [6.45, 7) is 0.230. The van der Waals surface area contributed by atoms with Crippen molar-refractivity contribution < 1.29 is 9.21 Å². The van der Waals surface area contributed by atoms with E-state index in [0.29, 0.717) is 16.3 Å². The van der Waals surface area contributed by atoms with E-state index < -0.39 is 5.91 Å². The third-order valence-corrected chi connectivity index (χ3v) is 2.92. The minimum Gasteiger partial charge on any atom is -0.467 e. The highest BCUT2D eigenvalue weighted by atomic mass is 35.5. The van der Waals surface area contributed by atoms with Gasteiger partial charge in [0.1, 0.15) is 17.4 Å². The Morgan fingerprint density at radius 2 is 2.15 bits per heavy atom. The molecule has 1 aromatic heterocycles. The minimum atomic E-state index is -0.469. The van der Waals surface area contributed by atoms with Gasteiger partial charge < -0.3 is 9.73 Å². The van der Waals surface area contributed by atoms with E-state index in [9.17, 15) is 4.79 Å². The van der Waals surface area contributed by atoms with Crippen LogP contribution in [-0.4, -0.2) is 5.91 Å². The van der Waals surface area contributed by atoms with E-state index in [1.807, 2.05) is 6.07 Å². The van der Waals surface area contributed by atoms with Crippen molar-refractivity contribution in [2.75, 3.05) is 0 Å². The molecule has 2 aromatic rings. The normalized spacial score (nSPS) is 10.9. The SMILES string of the molecule is N#C/C(=C\c1ccccc1Cl)C(=O)NCc1ccco1. The number of carbonyl (C=O) groups excluding carboxylic acids is 1. The Kier molecular flexibility index (Phi) is 4.59. The minimum absolute atomic E-state index is 0.00958. The molecule has 0 saturated heterocycles. The Bertz CT molecular complexity index is 669. The highest BCUT2D eigenvalue weighted by Crippen LogP contribution is 2.18. The van der Waals surface area contributed by atoms with Crippen LogP contribution in [0.25, 0.3) is 6.08 Å². The third-order valence-electron chi connectivity index (χ3n) is 2.57. The fourth-order valence-corrected chi connectivity index (χ4v) is 1.76. The van der Waals surface area contributed by atoms with E-state index in [-0.39, 0.29) is 12.1 Å². The molecule has 1 amide bonds. The van der Waals surface area contributed by atoms with Gasteiger partial charge in [-0.2, -0.15) is 5.26 Å². The molecule has 1 heterocycles. The molecule has 0 aliphatic rings. The molecule has 0 bridgehead atoms. The topological polar surface area (TPSA) is 66.0 Å². The van der Waals surface area contributed by atoms with Gasteiger partial charge in [0, 0.05) is 5.02 Å². The number of hydrogen-bond donors (Lipinski definition) is 1. The summed E-state index contributed by atoms with van der Waals surface area (Å²) >= 11 is 5.99. The molecule has 0 aliphatic heterocycles. The van der Waals surface area contributed by atoms with Crippen LogP contribution in [0.2, 0.25) is 5.02 Å². The molecule has 0 aliphatic carbocycles. The molecule has 0 atom stereocenters. The van der Waals surface area contributed by atoms with E-state index in [1.54, 1.807) is 36.4 Å². The monoisotopic (exact) mass is 286 g/mol. The number of nitriles is 1. The summed E-state index contributed by atoms with van der Waals surface area (Å²) in [5.41, 5.74) is 0.614. The van der Waals surface area contributed by atoms with Crippen molar-refractivity contribution in [3.8, 4) is 6.07 Å². The van der Waals surface area contributed by atoms with Crippen LogP contribution in [0.4, 0.5) is 0 Å². The molecule has 0 radical (unpaired) electrons. The zero-order valence-corrected chi connectivity index (χ0v) is 11.2. The highest BCUT2D eigenvalue weighted by Gasteiger charge is 2.10. The van der Waals surface area contributed by atoms with Gasteiger partial charge in [-0.15, -0.1) is 0 Å². The van der Waals surface area contributed by atoms with Gasteiger partial charge in [-0.1, -0.05) is 29.8 Å². The fourth-order valence-electron chi connectivity index (χ4n) is 1.57. The molecule has 2 rings (SSSR count). The molecule has 4 nitrogen and oxygen atoms in total. The predicted octanol–water partition coefficient (Wildman–Crippen LogP) is 3.16. The number of rotatable bonds is 4. The maximum atomic E-state index is 11.9.